The van der Waals surface area contributed by atoms with E-state index in [4.69, 9.17) is 4.42 Å². The molecule has 0 aliphatic heterocycles. The highest BCUT2D eigenvalue weighted by molar-refractivity contribution is 7.91. The van der Waals surface area contributed by atoms with Crippen molar-refractivity contribution in [3.05, 3.63) is 59.9 Å². The molecule has 0 spiro atoms. The first-order chi connectivity index (χ1) is 11.6. The van der Waals surface area contributed by atoms with Crippen LogP contribution >= 0.6 is 0 Å². The smallest absolute Gasteiger partial charge is 0.210 e. The van der Waals surface area contributed by atoms with E-state index >= 15 is 0 Å². The lowest BCUT2D eigenvalue weighted by Crippen LogP contribution is -2.03. The number of hydrogen-bond acceptors (Lipinski definition) is 3. The summed E-state index contributed by atoms with van der Waals surface area (Å²) < 4.78 is 31.9. The van der Waals surface area contributed by atoms with Crippen molar-refractivity contribution < 1.29 is 12.8 Å². The van der Waals surface area contributed by atoms with Crippen molar-refractivity contribution in [1.82, 2.24) is 0 Å². The highest BCUT2D eigenvalue weighted by atomic mass is 32.2. The highest BCUT2D eigenvalue weighted by Crippen LogP contribution is 2.39. The van der Waals surface area contributed by atoms with Crippen molar-refractivity contribution in [1.29, 1.82) is 0 Å². The Balaban J connectivity index is 1.91. The molecule has 1 aliphatic rings. The first-order valence-electron chi connectivity index (χ1n) is 8.40. The Hall–Kier alpha value is -2.07. The van der Waals surface area contributed by atoms with Crippen LogP contribution in [0, 0.1) is 6.92 Å². The molecule has 124 valence electrons. The van der Waals surface area contributed by atoms with Crippen LogP contribution in [0.5, 0.6) is 0 Å². The molecule has 0 atom stereocenters. The maximum atomic E-state index is 13.1. The van der Waals surface area contributed by atoms with Crippen molar-refractivity contribution in [2.75, 3.05) is 0 Å². The third-order valence-corrected chi connectivity index (χ3v) is 6.92. The van der Waals surface area contributed by atoms with E-state index in [1.165, 1.54) is 31.2 Å². The second kappa shape index (κ2) is 5.78. The number of sulfone groups is 1. The van der Waals surface area contributed by atoms with Crippen molar-refractivity contribution in [3.8, 4) is 0 Å². The van der Waals surface area contributed by atoms with E-state index in [2.05, 4.69) is 6.07 Å². The molecule has 1 aliphatic carbocycles. The summed E-state index contributed by atoms with van der Waals surface area (Å²) in [5.41, 5.74) is 1.87. The number of rotatable bonds is 3. The lowest BCUT2D eigenvalue weighted by atomic mass is 9.97. The van der Waals surface area contributed by atoms with Crippen LogP contribution in [0.1, 0.15) is 42.9 Å². The fourth-order valence-electron chi connectivity index (χ4n) is 3.78. The monoisotopic (exact) mass is 340 g/mol. The third kappa shape index (κ3) is 2.46. The molecule has 1 aromatic heterocycles. The molecule has 0 saturated heterocycles. The molecule has 0 bridgehead atoms. The van der Waals surface area contributed by atoms with Gasteiger partial charge in [-0.05, 0) is 55.5 Å². The SMILES string of the molecule is Cc1oc2ccc(C3CCCC3)cc2c1S(=O)(=O)c1ccccc1. The fraction of sp³-hybridized carbons (Fsp3) is 0.300. The summed E-state index contributed by atoms with van der Waals surface area (Å²) in [6, 6.07) is 14.6. The molecule has 4 heteroatoms. The van der Waals surface area contributed by atoms with E-state index in [0.29, 0.717) is 32.4 Å². The zero-order valence-corrected chi connectivity index (χ0v) is 14.5. The zero-order chi connectivity index (χ0) is 16.7. The Bertz CT molecular complexity index is 978. The van der Waals surface area contributed by atoms with Gasteiger partial charge in [-0.15, -0.1) is 0 Å². The topological polar surface area (TPSA) is 47.3 Å². The molecular formula is C20H20O3S. The van der Waals surface area contributed by atoms with Gasteiger partial charge >= 0.3 is 0 Å². The van der Waals surface area contributed by atoms with E-state index in [9.17, 15) is 8.42 Å². The number of hydrogen-bond donors (Lipinski definition) is 0. The van der Waals surface area contributed by atoms with E-state index in [-0.39, 0.29) is 0 Å². The first-order valence-corrected chi connectivity index (χ1v) is 9.89. The molecule has 1 heterocycles. The summed E-state index contributed by atoms with van der Waals surface area (Å²) in [5, 5.41) is 0.709. The summed E-state index contributed by atoms with van der Waals surface area (Å²) in [7, 11) is -3.59. The summed E-state index contributed by atoms with van der Waals surface area (Å²) in [6.45, 7) is 1.73. The van der Waals surface area contributed by atoms with Gasteiger partial charge < -0.3 is 4.42 Å². The number of benzene rings is 2. The van der Waals surface area contributed by atoms with Crippen molar-refractivity contribution >= 4 is 20.8 Å². The molecule has 2 aromatic carbocycles. The molecular weight excluding hydrogens is 320 g/mol. The average molecular weight is 340 g/mol. The van der Waals surface area contributed by atoms with E-state index in [0.717, 1.165) is 0 Å². The predicted molar refractivity (Wildman–Crippen MR) is 94.1 cm³/mol. The number of fused-ring (bicyclic) bond motifs is 1. The van der Waals surface area contributed by atoms with Gasteiger partial charge in [0.05, 0.1) is 4.90 Å². The summed E-state index contributed by atoms with van der Waals surface area (Å²) in [6.07, 6.45) is 4.87. The van der Waals surface area contributed by atoms with Gasteiger partial charge in [-0.3, -0.25) is 0 Å². The largest absolute Gasteiger partial charge is 0.460 e. The van der Waals surface area contributed by atoms with Crippen LogP contribution in [-0.4, -0.2) is 8.42 Å². The minimum atomic E-state index is -3.59. The Labute approximate surface area is 142 Å². The molecule has 1 saturated carbocycles. The molecule has 0 amide bonds. The van der Waals surface area contributed by atoms with Crippen molar-refractivity contribution in [3.63, 3.8) is 0 Å². The van der Waals surface area contributed by atoms with Crippen LogP contribution in [-0.2, 0) is 9.84 Å². The van der Waals surface area contributed by atoms with Gasteiger partial charge in [0.1, 0.15) is 16.2 Å². The zero-order valence-electron chi connectivity index (χ0n) is 13.7. The van der Waals surface area contributed by atoms with Crippen LogP contribution in [0.4, 0.5) is 0 Å². The summed E-state index contributed by atoms with van der Waals surface area (Å²) >= 11 is 0. The van der Waals surface area contributed by atoms with Crippen LogP contribution in [0.2, 0.25) is 0 Å². The van der Waals surface area contributed by atoms with Gasteiger partial charge in [-0.2, -0.15) is 0 Å². The number of aryl methyl sites for hydroxylation is 1. The molecule has 24 heavy (non-hydrogen) atoms. The van der Waals surface area contributed by atoms with Crippen LogP contribution in [0.3, 0.4) is 0 Å². The Kier molecular flexibility index (Phi) is 3.72. The van der Waals surface area contributed by atoms with E-state index in [1.54, 1.807) is 31.2 Å². The molecule has 0 N–H and O–H groups in total. The number of furan rings is 1. The lowest BCUT2D eigenvalue weighted by molar-refractivity contribution is 0.557. The van der Waals surface area contributed by atoms with Crippen LogP contribution in [0.15, 0.2) is 62.7 Å². The molecule has 3 aromatic rings. The third-order valence-electron chi connectivity index (χ3n) is 4.98. The normalized spacial score (nSPS) is 16.0. The van der Waals surface area contributed by atoms with Crippen molar-refractivity contribution in [2.24, 2.45) is 0 Å². The van der Waals surface area contributed by atoms with Crippen LogP contribution < -0.4 is 0 Å². The second-order valence-corrected chi connectivity index (χ2v) is 8.43. The van der Waals surface area contributed by atoms with Crippen molar-refractivity contribution in [2.45, 2.75) is 48.3 Å². The van der Waals surface area contributed by atoms with E-state index in [1.807, 2.05) is 18.2 Å². The molecule has 0 radical (unpaired) electrons. The standard InChI is InChI=1S/C20H20O3S/c1-14-20(24(21,22)17-9-3-2-4-10-17)18-13-16(11-12-19(18)23-14)15-7-5-6-8-15/h2-4,9-13,15H,5-8H2,1H3. The quantitative estimate of drug-likeness (QED) is 0.656. The van der Waals surface area contributed by atoms with Crippen LogP contribution in [0.25, 0.3) is 11.0 Å². The molecule has 3 nitrogen and oxygen atoms in total. The Morgan fingerprint density at radius 2 is 1.71 bits per heavy atom. The maximum Gasteiger partial charge on any atom is 0.210 e. The van der Waals surface area contributed by atoms with Gasteiger partial charge in [0, 0.05) is 5.39 Å². The maximum absolute atomic E-state index is 13.1. The Morgan fingerprint density at radius 3 is 2.42 bits per heavy atom. The lowest BCUT2D eigenvalue weighted by Gasteiger charge is -2.09. The summed E-state index contributed by atoms with van der Waals surface area (Å²) in [5.74, 6) is 0.995. The second-order valence-electron chi connectivity index (χ2n) is 6.54. The first kappa shape index (κ1) is 15.5. The highest BCUT2D eigenvalue weighted by Gasteiger charge is 2.27. The average Bonchev–Trinajstić information content (AvgIpc) is 3.21. The van der Waals surface area contributed by atoms with Gasteiger partial charge in [0.2, 0.25) is 9.84 Å². The fourth-order valence-corrected chi connectivity index (χ4v) is 5.40. The summed E-state index contributed by atoms with van der Waals surface area (Å²) in [4.78, 5) is 0.616. The minimum absolute atomic E-state index is 0.307. The minimum Gasteiger partial charge on any atom is -0.460 e. The molecule has 1 fully saturated rings. The molecule has 0 unspecified atom stereocenters. The van der Waals surface area contributed by atoms with E-state index < -0.39 is 9.84 Å². The van der Waals surface area contributed by atoms with Gasteiger partial charge in [-0.1, -0.05) is 37.1 Å². The molecule has 4 rings (SSSR count). The Morgan fingerprint density at radius 1 is 1.00 bits per heavy atom. The van der Waals surface area contributed by atoms with Gasteiger partial charge in [0.25, 0.3) is 0 Å². The van der Waals surface area contributed by atoms with Gasteiger partial charge in [0.15, 0.2) is 0 Å². The van der Waals surface area contributed by atoms with Gasteiger partial charge in [-0.25, -0.2) is 8.42 Å². The predicted octanol–water partition coefficient (Wildman–Crippen LogP) is 5.23.